The van der Waals surface area contributed by atoms with Crippen LogP contribution in [0.25, 0.3) is 11.4 Å². The van der Waals surface area contributed by atoms with Crippen molar-refractivity contribution in [3.63, 3.8) is 0 Å². The summed E-state index contributed by atoms with van der Waals surface area (Å²) in [5, 5.41) is 1.37. The van der Waals surface area contributed by atoms with E-state index in [9.17, 15) is 0 Å². The Labute approximate surface area is 121 Å². The van der Waals surface area contributed by atoms with Gasteiger partial charge in [0.1, 0.15) is 10.3 Å². The lowest BCUT2D eigenvalue weighted by atomic mass is 10.2. The Bertz CT molecular complexity index is 547. The zero-order valence-corrected chi connectivity index (χ0v) is 12.0. The second kappa shape index (κ2) is 5.87. The van der Waals surface area contributed by atoms with Crippen molar-refractivity contribution >= 4 is 34.8 Å². The first-order valence-corrected chi connectivity index (χ1v) is 6.73. The van der Waals surface area contributed by atoms with E-state index in [0.29, 0.717) is 21.2 Å². The van der Waals surface area contributed by atoms with Gasteiger partial charge >= 0.3 is 0 Å². The molecular formula is C13H11Cl3N2. The molecule has 0 aliphatic carbocycles. The van der Waals surface area contributed by atoms with Gasteiger partial charge in [-0.2, -0.15) is 0 Å². The maximum Gasteiger partial charge on any atom is 0.164 e. The zero-order valence-electron chi connectivity index (χ0n) is 9.75. The molecule has 2 rings (SSSR count). The summed E-state index contributed by atoms with van der Waals surface area (Å²) in [4.78, 5) is 8.54. The molecule has 0 atom stereocenters. The molecule has 2 aromatic rings. The van der Waals surface area contributed by atoms with Crippen LogP contribution in [0.5, 0.6) is 0 Å². The molecule has 1 aromatic carbocycles. The highest BCUT2D eigenvalue weighted by molar-refractivity contribution is 6.35. The van der Waals surface area contributed by atoms with Gasteiger partial charge in [0.25, 0.3) is 0 Å². The molecule has 1 aromatic heterocycles. The Morgan fingerprint density at radius 1 is 1.00 bits per heavy atom. The van der Waals surface area contributed by atoms with Crippen molar-refractivity contribution in [2.75, 3.05) is 0 Å². The maximum absolute atomic E-state index is 6.14. The quantitative estimate of drug-likeness (QED) is 0.741. The van der Waals surface area contributed by atoms with Crippen molar-refractivity contribution in [2.45, 2.75) is 19.8 Å². The standard InChI is InChI=1S/C13H11Cl3N2/c1-2-5-9-11(15)17-13(18-12(9)16)8-6-3-4-7-10(8)14/h3-4,6-7H,2,5H2,1H3. The largest absolute Gasteiger partial charge is 0.216 e. The summed E-state index contributed by atoms with van der Waals surface area (Å²) in [6, 6.07) is 7.33. The second-order valence-corrected chi connectivity index (χ2v) is 4.96. The number of benzene rings is 1. The number of nitrogens with zero attached hydrogens (tertiary/aromatic N) is 2. The Morgan fingerprint density at radius 3 is 2.17 bits per heavy atom. The van der Waals surface area contributed by atoms with E-state index >= 15 is 0 Å². The molecule has 94 valence electrons. The van der Waals surface area contributed by atoms with Crippen molar-refractivity contribution in [1.29, 1.82) is 0 Å². The van der Waals surface area contributed by atoms with E-state index in [1.165, 1.54) is 0 Å². The molecule has 0 unspecified atom stereocenters. The monoisotopic (exact) mass is 300 g/mol. The molecular weight excluding hydrogens is 291 g/mol. The van der Waals surface area contributed by atoms with E-state index in [0.717, 1.165) is 24.0 Å². The van der Waals surface area contributed by atoms with Crippen LogP contribution in [0.4, 0.5) is 0 Å². The highest BCUT2D eigenvalue weighted by Crippen LogP contribution is 2.29. The van der Waals surface area contributed by atoms with Gasteiger partial charge in [0.15, 0.2) is 5.82 Å². The van der Waals surface area contributed by atoms with Gasteiger partial charge in [0.05, 0.1) is 5.02 Å². The average Bonchev–Trinajstić information content (AvgIpc) is 2.34. The van der Waals surface area contributed by atoms with E-state index < -0.39 is 0 Å². The number of aromatic nitrogens is 2. The predicted octanol–water partition coefficient (Wildman–Crippen LogP) is 5.06. The smallest absolute Gasteiger partial charge is 0.164 e. The molecule has 0 radical (unpaired) electrons. The Balaban J connectivity index is 2.52. The molecule has 0 amide bonds. The fourth-order valence-electron chi connectivity index (χ4n) is 1.65. The van der Waals surface area contributed by atoms with Crippen LogP contribution in [0, 0.1) is 0 Å². The third-order valence-corrected chi connectivity index (χ3v) is 3.48. The summed E-state index contributed by atoms with van der Waals surface area (Å²) < 4.78 is 0. The molecule has 0 bridgehead atoms. The minimum atomic E-state index is 0.395. The van der Waals surface area contributed by atoms with Gasteiger partial charge in [-0.3, -0.25) is 0 Å². The van der Waals surface area contributed by atoms with Crippen LogP contribution in [0.3, 0.4) is 0 Å². The van der Waals surface area contributed by atoms with Crippen molar-refractivity contribution in [3.8, 4) is 11.4 Å². The van der Waals surface area contributed by atoms with E-state index in [1.54, 1.807) is 6.07 Å². The van der Waals surface area contributed by atoms with Crippen LogP contribution in [-0.4, -0.2) is 9.97 Å². The van der Waals surface area contributed by atoms with Crippen LogP contribution in [-0.2, 0) is 6.42 Å². The minimum Gasteiger partial charge on any atom is -0.216 e. The van der Waals surface area contributed by atoms with Crippen molar-refractivity contribution in [2.24, 2.45) is 0 Å². The Kier molecular flexibility index (Phi) is 4.44. The molecule has 0 saturated heterocycles. The SMILES string of the molecule is CCCc1c(Cl)nc(-c2ccccc2Cl)nc1Cl. The fourth-order valence-corrected chi connectivity index (χ4v) is 2.45. The zero-order chi connectivity index (χ0) is 13.1. The van der Waals surface area contributed by atoms with Gasteiger partial charge in [-0.25, -0.2) is 9.97 Å². The van der Waals surface area contributed by atoms with Gasteiger partial charge in [0, 0.05) is 11.1 Å². The normalized spacial score (nSPS) is 10.7. The summed E-state index contributed by atoms with van der Waals surface area (Å²) in [5.41, 5.74) is 1.52. The molecule has 5 heteroatoms. The van der Waals surface area contributed by atoms with Crippen molar-refractivity contribution in [3.05, 3.63) is 45.2 Å². The molecule has 0 spiro atoms. The second-order valence-electron chi connectivity index (χ2n) is 3.84. The minimum absolute atomic E-state index is 0.395. The first-order chi connectivity index (χ1) is 8.63. The highest BCUT2D eigenvalue weighted by atomic mass is 35.5. The topological polar surface area (TPSA) is 25.8 Å². The summed E-state index contributed by atoms with van der Waals surface area (Å²) in [6.07, 6.45) is 1.70. The number of hydrogen-bond acceptors (Lipinski definition) is 2. The third-order valence-electron chi connectivity index (χ3n) is 2.52. The number of rotatable bonds is 3. The molecule has 0 aliphatic rings. The molecule has 18 heavy (non-hydrogen) atoms. The lowest BCUT2D eigenvalue weighted by Gasteiger charge is -2.08. The summed E-state index contributed by atoms with van der Waals surface area (Å²) in [7, 11) is 0. The third kappa shape index (κ3) is 2.77. The van der Waals surface area contributed by atoms with E-state index in [1.807, 2.05) is 18.2 Å². The van der Waals surface area contributed by atoms with E-state index in [2.05, 4.69) is 16.9 Å². The predicted molar refractivity (Wildman–Crippen MR) is 76.5 cm³/mol. The van der Waals surface area contributed by atoms with Crippen LogP contribution in [0.15, 0.2) is 24.3 Å². The van der Waals surface area contributed by atoms with Gasteiger partial charge in [-0.15, -0.1) is 0 Å². The fraction of sp³-hybridized carbons (Fsp3) is 0.231. The molecule has 0 N–H and O–H groups in total. The highest BCUT2D eigenvalue weighted by Gasteiger charge is 2.13. The first-order valence-electron chi connectivity index (χ1n) is 5.60. The maximum atomic E-state index is 6.14. The van der Waals surface area contributed by atoms with Crippen LogP contribution in [0.1, 0.15) is 18.9 Å². The first kappa shape index (κ1) is 13.6. The van der Waals surface area contributed by atoms with Crippen molar-refractivity contribution < 1.29 is 0 Å². The molecule has 1 heterocycles. The molecule has 0 saturated carbocycles. The van der Waals surface area contributed by atoms with Gasteiger partial charge in [-0.1, -0.05) is 60.3 Å². The van der Waals surface area contributed by atoms with Crippen LogP contribution < -0.4 is 0 Å². The lowest BCUT2D eigenvalue weighted by molar-refractivity contribution is 0.903. The summed E-state index contributed by atoms with van der Waals surface area (Å²) >= 11 is 18.4. The van der Waals surface area contributed by atoms with Gasteiger partial charge < -0.3 is 0 Å². The lowest BCUT2D eigenvalue weighted by Crippen LogP contribution is -1.97. The molecule has 0 fully saturated rings. The van der Waals surface area contributed by atoms with Crippen LogP contribution >= 0.6 is 34.8 Å². The average molecular weight is 302 g/mol. The summed E-state index contributed by atoms with van der Waals surface area (Å²) in [6.45, 7) is 2.05. The van der Waals surface area contributed by atoms with Gasteiger partial charge in [-0.05, 0) is 18.6 Å². The van der Waals surface area contributed by atoms with Gasteiger partial charge in [0.2, 0.25) is 0 Å². The van der Waals surface area contributed by atoms with Crippen molar-refractivity contribution in [1.82, 2.24) is 9.97 Å². The Morgan fingerprint density at radius 2 is 1.61 bits per heavy atom. The van der Waals surface area contributed by atoms with E-state index in [4.69, 9.17) is 34.8 Å². The van der Waals surface area contributed by atoms with E-state index in [-0.39, 0.29) is 0 Å². The number of hydrogen-bond donors (Lipinski definition) is 0. The number of halogens is 3. The molecule has 0 aliphatic heterocycles. The molecule has 2 nitrogen and oxygen atoms in total. The summed E-state index contributed by atoms with van der Waals surface area (Å²) in [5.74, 6) is 0.454. The Hall–Kier alpha value is -0.830. The van der Waals surface area contributed by atoms with Crippen LogP contribution in [0.2, 0.25) is 15.3 Å².